The van der Waals surface area contributed by atoms with E-state index in [1.807, 2.05) is 23.5 Å². The van der Waals surface area contributed by atoms with Gasteiger partial charge in [-0.15, -0.1) is 11.3 Å². The number of hydrogen-bond donors (Lipinski definition) is 1. The molecule has 20 heavy (non-hydrogen) atoms. The van der Waals surface area contributed by atoms with E-state index in [1.54, 1.807) is 0 Å². The van der Waals surface area contributed by atoms with Crippen LogP contribution < -0.4 is 5.32 Å². The average Bonchev–Trinajstić information content (AvgIpc) is 3.13. The second-order valence-corrected chi connectivity index (χ2v) is 6.98. The van der Waals surface area contributed by atoms with Crippen molar-refractivity contribution in [3.63, 3.8) is 0 Å². The van der Waals surface area contributed by atoms with Crippen LogP contribution in [-0.2, 0) is 0 Å². The summed E-state index contributed by atoms with van der Waals surface area (Å²) in [5.41, 5.74) is 2.32. The van der Waals surface area contributed by atoms with Crippen LogP contribution in [0.15, 0.2) is 35.7 Å². The Bertz CT molecular complexity index is 558. The van der Waals surface area contributed by atoms with Crippen molar-refractivity contribution >= 4 is 28.6 Å². The average molecular weight is 306 g/mol. The van der Waals surface area contributed by atoms with Crippen LogP contribution >= 0.6 is 22.9 Å². The maximum atomic E-state index is 6.24. The molecule has 1 N–H and O–H groups in total. The summed E-state index contributed by atoms with van der Waals surface area (Å²) in [5, 5.41) is 6.77. The molecule has 0 saturated heterocycles. The quantitative estimate of drug-likeness (QED) is 0.724. The predicted octanol–water partition coefficient (Wildman–Crippen LogP) is 6.05. The van der Waals surface area contributed by atoms with Gasteiger partial charge in [0, 0.05) is 15.6 Å². The van der Waals surface area contributed by atoms with E-state index in [1.165, 1.54) is 36.2 Å². The van der Waals surface area contributed by atoms with Crippen molar-refractivity contribution in [3.8, 4) is 0 Å². The van der Waals surface area contributed by atoms with Crippen LogP contribution in [0.5, 0.6) is 0 Å². The van der Waals surface area contributed by atoms with Crippen LogP contribution in [0.4, 0.5) is 5.69 Å². The molecule has 1 heterocycles. The highest BCUT2D eigenvalue weighted by atomic mass is 35.5. The minimum absolute atomic E-state index is 0.426. The van der Waals surface area contributed by atoms with E-state index >= 15 is 0 Å². The van der Waals surface area contributed by atoms with Gasteiger partial charge in [-0.2, -0.15) is 0 Å². The molecule has 1 aromatic heterocycles. The molecule has 0 radical (unpaired) electrons. The molecule has 0 aliphatic heterocycles. The Kier molecular flexibility index (Phi) is 4.32. The highest BCUT2D eigenvalue weighted by Gasteiger charge is 2.27. The van der Waals surface area contributed by atoms with Crippen molar-refractivity contribution in [1.82, 2.24) is 0 Å². The Morgan fingerprint density at radius 3 is 2.70 bits per heavy atom. The fourth-order valence-electron chi connectivity index (χ4n) is 3.11. The van der Waals surface area contributed by atoms with E-state index in [9.17, 15) is 0 Å². The number of anilines is 1. The Morgan fingerprint density at radius 1 is 1.20 bits per heavy atom. The Balaban J connectivity index is 1.88. The van der Waals surface area contributed by atoms with Gasteiger partial charge in [0.15, 0.2) is 0 Å². The van der Waals surface area contributed by atoms with Gasteiger partial charge in [0.25, 0.3) is 0 Å². The molecule has 1 saturated carbocycles. The molecule has 1 nitrogen and oxygen atoms in total. The number of halogens is 1. The van der Waals surface area contributed by atoms with Gasteiger partial charge >= 0.3 is 0 Å². The van der Waals surface area contributed by atoms with E-state index in [-0.39, 0.29) is 0 Å². The van der Waals surface area contributed by atoms with E-state index in [4.69, 9.17) is 11.6 Å². The summed E-state index contributed by atoms with van der Waals surface area (Å²) in [4.78, 5) is 1.44. The van der Waals surface area contributed by atoms with Gasteiger partial charge in [-0.3, -0.25) is 0 Å². The van der Waals surface area contributed by atoms with Crippen molar-refractivity contribution in [2.24, 2.45) is 5.92 Å². The first-order valence-corrected chi connectivity index (χ1v) is 8.56. The van der Waals surface area contributed by atoms with Crippen LogP contribution in [0.1, 0.15) is 42.2 Å². The first-order valence-electron chi connectivity index (χ1n) is 7.31. The monoisotopic (exact) mass is 305 g/mol. The van der Waals surface area contributed by atoms with E-state index in [0.29, 0.717) is 6.04 Å². The van der Waals surface area contributed by atoms with Gasteiger partial charge in [0.05, 0.1) is 6.04 Å². The van der Waals surface area contributed by atoms with Gasteiger partial charge in [-0.25, -0.2) is 0 Å². The molecule has 106 valence electrons. The van der Waals surface area contributed by atoms with Crippen molar-refractivity contribution < 1.29 is 0 Å². The lowest BCUT2D eigenvalue weighted by Crippen LogP contribution is -2.18. The largest absolute Gasteiger partial charge is 0.377 e. The lowest BCUT2D eigenvalue weighted by Gasteiger charge is -2.26. The van der Waals surface area contributed by atoms with Gasteiger partial charge in [0.1, 0.15) is 0 Å². The zero-order valence-electron chi connectivity index (χ0n) is 11.7. The van der Waals surface area contributed by atoms with Crippen LogP contribution in [0.25, 0.3) is 0 Å². The summed E-state index contributed by atoms with van der Waals surface area (Å²) in [7, 11) is 0. The Hall–Kier alpha value is -0.990. The van der Waals surface area contributed by atoms with Crippen LogP contribution in [0, 0.1) is 12.8 Å². The smallest absolute Gasteiger partial charge is 0.0634 e. The van der Waals surface area contributed by atoms with Gasteiger partial charge in [-0.05, 0) is 54.8 Å². The molecule has 1 fully saturated rings. The normalized spacial score (nSPS) is 17.3. The van der Waals surface area contributed by atoms with E-state index in [0.717, 1.165) is 16.5 Å². The lowest BCUT2D eigenvalue weighted by atomic mass is 9.96. The van der Waals surface area contributed by atoms with E-state index in [2.05, 4.69) is 35.8 Å². The topological polar surface area (TPSA) is 12.0 Å². The fourth-order valence-corrected chi connectivity index (χ4v) is 4.16. The fraction of sp³-hybridized carbons (Fsp3) is 0.412. The standard InChI is InChI=1S/C17H20ClNS/c1-12-14(18)8-4-9-15(12)19-17(13-6-2-3-7-13)16-10-5-11-20-16/h4-5,8-11,13,17,19H,2-3,6-7H2,1H3. The molecule has 0 amide bonds. The molecule has 1 aromatic carbocycles. The SMILES string of the molecule is Cc1c(Cl)cccc1NC(c1cccs1)C1CCCC1. The summed E-state index contributed by atoms with van der Waals surface area (Å²) in [6.07, 6.45) is 5.38. The summed E-state index contributed by atoms with van der Waals surface area (Å²) < 4.78 is 0. The molecule has 1 atom stereocenters. The second-order valence-electron chi connectivity index (χ2n) is 5.59. The van der Waals surface area contributed by atoms with E-state index < -0.39 is 0 Å². The third-order valence-electron chi connectivity index (χ3n) is 4.30. The number of benzene rings is 1. The molecule has 1 aliphatic rings. The molecule has 2 aromatic rings. The van der Waals surface area contributed by atoms with Crippen molar-refractivity contribution in [1.29, 1.82) is 0 Å². The van der Waals surface area contributed by atoms with Crippen molar-refractivity contribution in [3.05, 3.63) is 51.2 Å². The molecule has 3 heteroatoms. The predicted molar refractivity (Wildman–Crippen MR) is 88.8 cm³/mol. The van der Waals surface area contributed by atoms with Crippen LogP contribution in [0.2, 0.25) is 5.02 Å². The number of hydrogen-bond acceptors (Lipinski definition) is 2. The minimum atomic E-state index is 0.426. The zero-order valence-corrected chi connectivity index (χ0v) is 13.3. The maximum absolute atomic E-state index is 6.24. The van der Waals surface area contributed by atoms with Crippen LogP contribution in [-0.4, -0.2) is 0 Å². The minimum Gasteiger partial charge on any atom is -0.377 e. The summed E-state index contributed by atoms with van der Waals surface area (Å²) in [5.74, 6) is 0.743. The Morgan fingerprint density at radius 2 is 2.00 bits per heavy atom. The summed E-state index contributed by atoms with van der Waals surface area (Å²) >= 11 is 8.10. The molecule has 1 unspecified atom stereocenters. The molecular formula is C17H20ClNS. The number of rotatable bonds is 4. The highest BCUT2D eigenvalue weighted by molar-refractivity contribution is 7.10. The van der Waals surface area contributed by atoms with Crippen molar-refractivity contribution in [2.75, 3.05) is 5.32 Å². The first-order chi connectivity index (χ1) is 9.75. The summed E-state index contributed by atoms with van der Waals surface area (Å²) in [6, 6.07) is 10.9. The molecular weight excluding hydrogens is 286 g/mol. The summed E-state index contributed by atoms with van der Waals surface area (Å²) in [6.45, 7) is 2.09. The molecule has 0 spiro atoms. The van der Waals surface area contributed by atoms with Gasteiger partial charge in [0.2, 0.25) is 0 Å². The third kappa shape index (κ3) is 2.87. The number of nitrogens with one attached hydrogen (secondary N) is 1. The van der Waals surface area contributed by atoms with Gasteiger partial charge < -0.3 is 5.32 Å². The third-order valence-corrected chi connectivity index (χ3v) is 5.66. The lowest BCUT2D eigenvalue weighted by molar-refractivity contribution is 0.475. The first kappa shape index (κ1) is 14.0. The highest BCUT2D eigenvalue weighted by Crippen LogP contribution is 2.40. The van der Waals surface area contributed by atoms with Crippen LogP contribution in [0.3, 0.4) is 0 Å². The number of thiophene rings is 1. The van der Waals surface area contributed by atoms with Crippen molar-refractivity contribution in [2.45, 2.75) is 38.6 Å². The Labute approximate surface area is 130 Å². The van der Waals surface area contributed by atoms with Gasteiger partial charge in [-0.1, -0.05) is 36.6 Å². The molecule has 1 aliphatic carbocycles. The molecule has 3 rings (SSSR count). The molecule has 0 bridgehead atoms. The second kappa shape index (κ2) is 6.19. The maximum Gasteiger partial charge on any atom is 0.0634 e. The zero-order chi connectivity index (χ0) is 13.9.